The fraction of sp³-hybridized carbons (Fsp3) is 0.143. The number of aromatic nitrogens is 2. The van der Waals surface area contributed by atoms with Crippen LogP contribution in [-0.4, -0.2) is 21.3 Å². The third-order valence-electron chi connectivity index (χ3n) is 6.15. The van der Waals surface area contributed by atoms with Crippen LogP contribution in [0.4, 0.5) is 8.78 Å². The molecule has 1 heterocycles. The predicted molar refractivity (Wildman–Crippen MR) is 129 cm³/mol. The van der Waals surface area contributed by atoms with E-state index in [1.807, 2.05) is 43.3 Å². The molecule has 5 rings (SSSR count). The number of carbonyl (C=O) groups is 1. The Bertz CT molecular complexity index is 1460. The number of aryl methyl sites for hydroxylation is 1. The third-order valence-corrected chi connectivity index (χ3v) is 6.15. The molecule has 34 heavy (non-hydrogen) atoms. The van der Waals surface area contributed by atoms with Gasteiger partial charge in [-0.05, 0) is 95.0 Å². The summed E-state index contributed by atoms with van der Waals surface area (Å²) in [6.07, 6.45) is 4.68. The van der Waals surface area contributed by atoms with Crippen LogP contribution in [0.3, 0.4) is 0 Å². The van der Waals surface area contributed by atoms with Crippen LogP contribution in [0, 0.1) is 24.6 Å². The molecule has 4 aromatic rings. The summed E-state index contributed by atoms with van der Waals surface area (Å²) in [4.78, 5) is 10.9. The molecule has 0 saturated heterocycles. The Labute approximate surface area is 195 Å². The van der Waals surface area contributed by atoms with Crippen molar-refractivity contribution in [2.24, 2.45) is 5.92 Å². The number of nitrogens with zero attached hydrogens (tertiary/aromatic N) is 1. The maximum absolute atomic E-state index is 14.4. The van der Waals surface area contributed by atoms with Gasteiger partial charge in [-0.25, -0.2) is 9.18 Å². The highest BCUT2D eigenvalue weighted by Crippen LogP contribution is 2.48. The quantitative estimate of drug-likeness (QED) is 0.253. The molecule has 170 valence electrons. The van der Waals surface area contributed by atoms with Crippen LogP contribution in [0.25, 0.3) is 28.1 Å². The molecule has 1 aromatic heterocycles. The first-order valence-corrected chi connectivity index (χ1v) is 11.1. The summed E-state index contributed by atoms with van der Waals surface area (Å²) in [7, 11) is 0. The number of carboxylic acid groups (broad SMARTS) is 1. The van der Waals surface area contributed by atoms with Crippen molar-refractivity contribution < 1.29 is 18.7 Å². The van der Waals surface area contributed by atoms with Gasteiger partial charge in [0.05, 0.1) is 10.9 Å². The molecule has 0 unspecified atom stereocenters. The van der Waals surface area contributed by atoms with Gasteiger partial charge in [-0.15, -0.1) is 0 Å². The molecule has 1 fully saturated rings. The van der Waals surface area contributed by atoms with Crippen LogP contribution >= 0.6 is 0 Å². The molecule has 0 atom stereocenters. The van der Waals surface area contributed by atoms with E-state index in [0.717, 1.165) is 57.9 Å². The van der Waals surface area contributed by atoms with E-state index in [9.17, 15) is 13.6 Å². The Balaban J connectivity index is 1.75. The molecule has 2 N–H and O–H groups in total. The largest absolute Gasteiger partial charge is 0.478 e. The molecule has 6 heteroatoms. The molecule has 0 aliphatic heterocycles. The molecule has 4 nitrogen and oxygen atoms in total. The van der Waals surface area contributed by atoms with Crippen molar-refractivity contribution in [2.75, 3.05) is 0 Å². The Morgan fingerprint density at radius 3 is 2.44 bits per heavy atom. The molecule has 0 radical (unpaired) electrons. The molecule has 0 bridgehead atoms. The van der Waals surface area contributed by atoms with Crippen molar-refractivity contribution in [2.45, 2.75) is 19.8 Å². The van der Waals surface area contributed by atoms with Crippen LogP contribution in [0.5, 0.6) is 0 Å². The number of aliphatic carboxylic acids is 1. The first-order chi connectivity index (χ1) is 16.4. The standard InChI is InChI=1S/C28H22F2N2O2/c1-16-14-21(29)10-11-22(16)27(19-7-8-19)26(18-5-2-17(3-6-18)4-13-25(33)34)20-9-12-24-23(15-20)28(30)32-31-24/h2-6,9-15,19H,7-8H2,1H3,(H,31,32)(H,33,34)/b13-4+,27-26+. The van der Waals surface area contributed by atoms with E-state index in [1.54, 1.807) is 12.1 Å². The molecule has 1 aliphatic rings. The van der Waals surface area contributed by atoms with Gasteiger partial charge >= 0.3 is 5.97 Å². The van der Waals surface area contributed by atoms with Crippen molar-refractivity contribution in [3.63, 3.8) is 0 Å². The van der Waals surface area contributed by atoms with E-state index in [2.05, 4.69) is 10.2 Å². The molecule has 0 amide bonds. The number of halogens is 2. The number of benzene rings is 3. The lowest BCUT2D eigenvalue weighted by atomic mass is 9.85. The second-order valence-corrected chi connectivity index (χ2v) is 8.59. The Morgan fingerprint density at radius 1 is 1.03 bits per heavy atom. The Morgan fingerprint density at radius 2 is 1.76 bits per heavy atom. The first kappa shape index (κ1) is 21.8. The molecule has 0 spiro atoms. The topological polar surface area (TPSA) is 66.0 Å². The van der Waals surface area contributed by atoms with E-state index >= 15 is 0 Å². The molecule has 1 aliphatic carbocycles. The van der Waals surface area contributed by atoms with Crippen molar-refractivity contribution >= 4 is 34.1 Å². The number of aromatic amines is 1. The molecule has 3 aromatic carbocycles. The SMILES string of the molecule is Cc1cc(F)ccc1/C(=C(\c1ccc(/C=C/C(=O)O)cc1)c1ccc2n[nH]c(F)c2c1)C1CC1. The molecular formula is C28H22F2N2O2. The number of allylic oxidation sites excluding steroid dienone is 1. The number of hydrogen-bond donors (Lipinski definition) is 2. The van der Waals surface area contributed by atoms with Gasteiger partial charge in [0.2, 0.25) is 5.95 Å². The smallest absolute Gasteiger partial charge is 0.328 e. The summed E-state index contributed by atoms with van der Waals surface area (Å²) in [6, 6.07) is 17.9. The van der Waals surface area contributed by atoms with Crippen LogP contribution < -0.4 is 0 Å². The van der Waals surface area contributed by atoms with E-state index in [4.69, 9.17) is 5.11 Å². The third kappa shape index (κ3) is 4.27. The Kier molecular flexibility index (Phi) is 5.57. The van der Waals surface area contributed by atoms with Crippen molar-refractivity contribution in [1.82, 2.24) is 10.2 Å². The van der Waals surface area contributed by atoms with Gasteiger partial charge in [0.15, 0.2) is 0 Å². The first-order valence-electron chi connectivity index (χ1n) is 11.1. The van der Waals surface area contributed by atoms with Gasteiger partial charge in [-0.1, -0.05) is 36.4 Å². The lowest BCUT2D eigenvalue weighted by Gasteiger charge is -2.19. The average Bonchev–Trinajstić information content (AvgIpc) is 3.59. The van der Waals surface area contributed by atoms with Gasteiger partial charge < -0.3 is 5.11 Å². The maximum atomic E-state index is 14.4. The van der Waals surface area contributed by atoms with Gasteiger partial charge in [0.1, 0.15) is 5.82 Å². The highest BCUT2D eigenvalue weighted by atomic mass is 19.1. The van der Waals surface area contributed by atoms with Gasteiger partial charge in [-0.3, -0.25) is 5.10 Å². The van der Waals surface area contributed by atoms with E-state index in [0.29, 0.717) is 16.8 Å². The number of H-pyrrole nitrogens is 1. The van der Waals surface area contributed by atoms with E-state index < -0.39 is 11.9 Å². The number of nitrogens with one attached hydrogen (secondary N) is 1. The predicted octanol–water partition coefficient (Wildman–Crippen LogP) is 6.62. The van der Waals surface area contributed by atoms with Crippen LogP contribution in [0.1, 0.15) is 40.7 Å². The fourth-order valence-electron chi connectivity index (χ4n) is 4.40. The number of carboxylic acids is 1. The zero-order valence-corrected chi connectivity index (χ0v) is 18.5. The molecule has 1 saturated carbocycles. The summed E-state index contributed by atoms with van der Waals surface area (Å²) in [6.45, 7) is 1.90. The summed E-state index contributed by atoms with van der Waals surface area (Å²) in [5.41, 5.74) is 6.93. The summed E-state index contributed by atoms with van der Waals surface area (Å²) < 4.78 is 28.3. The summed E-state index contributed by atoms with van der Waals surface area (Å²) in [5, 5.41) is 15.7. The number of fused-ring (bicyclic) bond motifs is 1. The van der Waals surface area contributed by atoms with Crippen molar-refractivity contribution in [3.8, 4) is 0 Å². The average molecular weight is 456 g/mol. The van der Waals surface area contributed by atoms with E-state index in [-0.39, 0.29) is 5.82 Å². The minimum Gasteiger partial charge on any atom is -0.478 e. The van der Waals surface area contributed by atoms with Crippen LogP contribution in [0.2, 0.25) is 0 Å². The van der Waals surface area contributed by atoms with Crippen LogP contribution in [0.15, 0.2) is 66.7 Å². The second-order valence-electron chi connectivity index (χ2n) is 8.59. The monoisotopic (exact) mass is 456 g/mol. The number of hydrogen-bond acceptors (Lipinski definition) is 2. The zero-order valence-electron chi connectivity index (χ0n) is 18.5. The Hall–Kier alpha value is -4.06. The van der Waals surface area contributed by atoms with Gasteiger partial charge in [0, 0.05) is 6.08 Å². The highest BCUT2D eigenvalue weighted by Gasteiger charge is 2.31. The van der Waals surface area contributed by atoms with Crippen molar-refractivity contribution in [1.29, 1.82) is 0 Å². The zero-order chi connectivity index (χ0) is 23.8. The maximum Gasteiger partial charge on any atom is 0.328 e. The highest BCUT2D eigenvalue weighted by molar-refractivity contribution is 6.02. The lowest BCUT2D eigenvalue weighted by molar-refractivity contribution is -0.131. The number of rotatable bonds is 6. The molecular weight excluding hydrogens is 434 g/mol. The lowest BCUT2D eigenvalue weighted by Crippen LogP contribution is -2.00. The van der Waals surface area contributed by atoms with Gasteiger partial charge in [0.25, 0.3) is 0 Å². The van der Waals surface area contributed by atoms with E-state index in [1.165, 1.54) is 18.2 Å². The minimum atomic E-state index is -1.01. The van der Waals surface area contributed by atoms with Crippen molar-refractivity contribution in [3.05, 3.63) is 106 Å². The van der Waals surface area contributed by atoms with Gasteiger partial charge in [-0.2, -0.15) is 9.49 Å². The summed E-state index contributed by atoms with van der Waals surface area (Å²) >= 11 is 0. The second kappa shape index (κ2) is 8.71. The minimum absolute atomic E-state index is 0.283. The van der Waals surface area contributed by atoms with Crippen LogP contribution in [-0.2, 0) is 4.79 Å². The fourth-order valence-corrected chi connectivity index (χ4v) is 4.40. The summed E-state index contributed by atoms with van der Waals surface area (Å²) in [5.74, 6) is -1.47. The normalized spacial score (nSPS) is 14.6.